The van der Waals surface area contributed by atoms with E-state index in [0.29, 0.717) is 26.9 Å². The predicted molar refractivity (Wildman–Crippen MR) is 88.7 cm³/mol. The summed E-state index contributed by atoms with van der Waals surface area (Å²) in [5, 5.41) is 2.16. The average molecular weight is 319 g/mol. The van der Waals surface area contributed by atoms with Crippen LogP contribution in [0.3, 0.4) is 0 Å². The lowest BCUT2D eigenvalue weighted by Crippen LogP contribution is -2.22. The number of hydrogen-bond donors (Lipinski definition) is 1. The summed E-state index contributed by atoms with van der Waals surface area (Å²) in [4.78, 5) is 12.7. The van der Waals surface area contributed by atoms with E-state index < -0.39 is 0 Å². The third-order valence-corrected chi connectivity index (χ3v) is 4.22. The van der Waals surface area contributed by atoms with Crippen molar-refractivity contribution in [2.45, 2.75) is 6.92 Å². The van der Waals surface area contributed by atoms with E-state index in [1.807, 2.05) is 25.1 Å². The van der Waals surface area contributed by atoms with Crippen molar-refractivity contribution < 1.29 is 0 Å². The lowest BCUT2D eigenvalue weighted by Gasteiger charge is -2.15. The monoisotopic (exact) mass is 318 g/mol. The summed E-state index contributed by atoms with van der Waals surface area (Å²) in [6.07, 6.45) is 0. The average Bonchev–Trinajstić information content (AvgIpc) is 2.46. The zero-order chi connectivity index (χ0) is 15.1. The number of nitrogen functional groups attached to an aromatic ring is 1. The number of pyridine rings is 1. The van der Waals surface area contributed by atoms with Crippen molar-refractivity contribution >= 4 is 39.8 Å². The number of aryl methyl sites for hydroxylation is 1. The number of nitrogens with two attached hydrogens (primary N) is 1. The van der Waals surface area contributed by atoms with Crippen LogP contribution in [0.5, 0.6) is 0 Å². The standard InChI is InChI=1S/C16H12Cl2N2O/c1-9-6-7-12(17)15(14(9)18)20-13(19)8-10-4-2-3-5-11(10)16(20)21/h2-8H,19H2,1H3. The van der Waals surface area contributed by atoms with Crippen molar-refractivity contribution in [3.05, 3.63) is 68.4 Å². The zero-order valence-corrected chi connectivity index (χ0v) is 12.7. The highest BCUT2D eigenvalue weighted by Gasteiger charge is 2.16. The van der Waals surface area contributed by atoms with Gasteiger partial charge in [-0.25, -0.2) is 0 Å². The van der Waals surface area contributed by atoms with Gasteiger partial charge in [0.1, 0.15) is 5.82 Å². The fraction of sp³-hybridized carbons (Fsp3) is 0.0625. The summed E-state index contributed by atoms with van der Waals surface area (Å²) in [6.45, 7) is 1.85. The Morgan fingerprint density at radius 1 is 1.10 bits per heavy atom. The molecule has 1 heterocycles. The van der Waals surface area contributed by atoms with Crippen molar-refractivity contribution in [2.24, 2.45) is 0 Å². The summed E-state index contributed by atoms with van der Waals surface area (Å²) < 4.78 is 1.36. The van der Waals surface area contributed by atoms with Crippen LogP contribution in [0.4, 0.5) is 5.82 Å². The Hall–Kier alpha value is -1.97. The number of benzene rings is 2. The van der Waals surface area contributed by atoms with Gasteiger partial charge in [-0.2, -0.15) is 0 Å². The summed E-state index contributed by atoms with van der Waals surface area (Å²) in [7, 11) is 0. The molecule has 2 aromatic carbocycles. The maximum Gasteiger partial charge on any atom is 0.264 e. The molecule has 3 aromatic rings. The van der Waals surface area contributed by atoms with Crippen LogP contribution in [0.15, 0.2) is 47.3 Å². The molecule has 0 unspecified atom stereocenters. The molecule has 3 nitrogen and oxygen atoms in total. The second-order valence-corrected chi connectivity index (χ2v) is 5.61. The zero-order valence-electron chi connectivity index (χ0n) is 11.2. The van der Waals surface area contributed by atoms with Crippen LogP contribution < -0.4 is 11.3 Å². The number of fused-ring (bicyclic) bond motifs is 1. The van der Waals surface area contributed by atoms with Crippen LogP contribution in [0, 0.1) is 6.92 Å². The normalized spacial score (nSPS) is 11.0. The van der Waals surface area contributed by atoms with E-state index in [9.17, 15) is 4.79 Å². The molecule has 3 rings (SSSR count). The first kappa shape index (κ1) is 14.0. The van der Waals surface area contributed by atoms with Crippen LogP contribution in [-0.2, 0) is 0 Å². The second kappa shape index (κ2) is 5.10. The molecule has 0 fully saturated rings. The maximum absolute atomic E-state index is 12.7. The number of nitrogens with zero attached hydrogens (tertiary/aromatic N) is 1. The second-order valence-electron chi connectivity index (χ2n) is 4.82. The first-order valence-corrected chi connectivity index (χ1v) is 7.11. The van der Waals surface area contributed by atoms with Crippen LogP contribution in [0.1, 0.15) is 5.56 Å². The topological polar surface area (TPSA) is 48.0 Å². The number of hydrogen-bond acceptors (Lipinski definition) is 2. The van der Waals surface area contributed by atoms with Gasteiger partial charge in [0.15, 0.2) is 0 Å². The van der Waals surface area contributed by atoms with Gasteiger partial charge in [0.25, 0.3) is 5.56 Å². The van der Waals surface area contributed by atoms with E-state index in [4.69, 9.17) is 28.9 Å². The Bertz CT molecular complexity index is 916. The first-order chi connectivity index (χ1) is 10.0. The molecule has 0 radical (unpaired) electrons. The Morgan fingerprint density at radius 3 is 2.57 bits per heavy atom. The molecule has 0 aliphatic rings. The van der Waals surface area contributed by atoms with Crippen molar-refractivity contribution in [3.63, 3.8) is 0 Å². The third-order valence-electron chi connectivity index (χ3n) is 3.44. The van der Waals surface area contributed by atoms with Crippen molar-refractivity contribution in [1.82, 2.24) is 4.57 Å². The number of aromatic nitrogens is 1. The minimum atomic E-state index is -0.236. The molecule has 2 N–H and O–H groups in total. The molecule has 0 aliphatic heterocycles. The lowest BCUT2D eigenvalue weighted by molar-refractivity contribution is 1.02. The summed E-state index contributed by atoms with van der Waals surface area (Å²) in [5.41, 5.74) is 7.07. The van der Waals surface area contributed by atoms with E-state index in [0.717, 1.165) is 10.9 Å². The highest BCUT2D eigenvalue weighted by molar-refractivity contribution is 6.38. The van der Waals surface area contributed by atoms with Crippen LogP contribution >= 0.6 is 23.2 Å². The molecule has 0 atom stereocenters. The van der Waals surface area contributed by atoms with Gasteiger partial charge in [-0.1, -0.05) is 47.5 Å². The van der Waals surface area contributed by atoms with Crippen molar-refractivity contribution in [2.75, 3.05) is 5.73 Å². The van der Waals surface area contributed by atoms with E-state index in [2.05, 4.69) is 0 Å². The Balaban J connectivity index is 2.47. The lowest BCUT2D eigenvalue weighted by atomic mass is 10.1. The van der Waals surface area contributed by atoms with Crippen molar-refractivity contribution in [1.29, 1.82) is 0 Å². The van der Waals surface area contributed by atoms with Gasteiger partial charge in [-0.15, -0.1) is 0 Å². The molecule has 0 saturated heterocycles. The molecule has 0 spiro atoms. The summed E-state index contributed by atoms with van der Waals surface area (Å²) >= 11 is 12.6. The van der Waals surface area contributed by atoms with Crippen molar-refractivity contribution in [3.8, 4) is 5.69 Å². The van der Waals surface area contributed by atoms with Gasteiger partial charge in [0.2, 0.25) is 0 Å². The van der Waals surface area contributed by atoms with Gasteiger partial charge in [-0.3, -0.25) is 9.36 Å². The molecule has 1 aromatic heterocycles. The Labute approximate surface area is 131 Å². The van der Waals surface area contributed by atoms with E-state index in [-0.39, 0.29) is 5.56 Å². The Morgan fingerprint density at radius 2 is 1.81 bits per heavy atom. The molecule has 0 amide bonds. The van der Waals surface area contributed by atoms with E-state index in [1.54, 1.807) is 24.3 Å². The fourth-order valence-electron chi connectivity index (χ4n) is 2.36. The molecule has 0 saturated carbocycles. The molecule has 5 heteroatoms. The molecular weight excluding hydrogens is 307 g/mol. The predicted octanol–water partition coefficient (Wildman–Crippen LogP) is 4.19. The maximum atomic E-state index is 12.7. The van der Waals surface area contributed by atoms with E-state index in [1.165, 1.54) is 4.57 Å². The van der Waals surface area contributed by atoms with Crippen LogP contribution in [0.25, 0.3) is 16.5 Å². The molecule has 106 valence electrons. The minimum Gasteiger partial charge on any atom is -0.385 e. The summed E-state index contributed by atoms with van der Waals surface area (Å²) in [5.74, 6) is 0.299. The minimum absolute atomic E-state index is 0.236. The van der Waals surface area contributed by atoms with Gasteiger partial charge in [0, 0.05) is 5.39 Å². The van der Waals surface area contributed by atoms with Gasteiger partial charge in [-0.05, 0) is 36.1 Å². The van der Waals surface area contributed by atoms with Gasteiger partial charge < -0.3 is 5.73 Å². The number of rotatable bonds is 1. The quantitative estimate of drug-likeness (QED) is 0.731. The van der Waals surface area contributed by atoms with Gasteiger partial charge >= 0.3 is 0 Å². The fourth-order valence-corrected chi connectivity index (χ4v) is 2.90. The molecule has 21 heavy (non-hydrogen) atoms. The molecule has 0 aliphatic carbocycles. The molecule has 0 bridgehead atoms. The highest BCUT2D eigenvalue weighted by atomic mass is 35.5. The largest absolute Gasteiger partial charge is 0.385 e. The Kier molecular flexibility index (Phi) is 3.40. The third kappa shape index (κ3) is 2.19. The van der Waals surface area contributed by atoms with Gasteiger partial charge in [0.05, 0.1) is 15.7 Å². The smallest absolute Gasteiger partial charge is 0.264 e. The SMILES string of the molecule is Cc1ccc(Cl)c(-n2c(N)cc3ccccc3c2=O)c1Cl. The molecular formula is C16H12Cl2N2O. The van der Waals surface area contributed by atoms with E-state index >= 15 is 0 Å². The number of anilines is 1. The first-order valence-electron chi connectivity index (χ1n) is 6.36. The highest BCUT2D eigenvalue weighted by Crippen LogP contribution is 2.32. The van der Waals surface area contributed by atoms with Crippen LogP contribution in [-0.4, -0.2) is 4.57 Å². The summed E-state index contributed by atoms with van der Waals surface area (Å²) in [6, 6.07) is 12.5. The number of halogens is 2. The van der Waals surface area contributed by atoms with Crippen LogP contribution in [0.2, 0.25) is 10.0 Å².